The quantitative estimate of drug-likeness (QED) is 0.610. The predicted molar refractivity (Wildman–Crippen MR) is 118 cm³/mol. The zero-order valence-electron chi connectivity index (χ0n) is 17.9. The summed E-state index contributed by atoms with van der Waals surface area (Å²) < 4.78 is 22.7. The second kappa shape index (κ2) is 8.92. The van der Waals surface area contributed by atoms with Crippen molar-refractivity contribution in [1.29, 1.82) is 0 Å². The van der Waals surface area contributed by atoms with Crippen LogP contribution < -0.4 is 14.4 Å². The Morgan fingerprint density at radius 1 is 1.12 bits per heavy atom. The first-order valence-corrected chi connectivity index (χ1v) is 10.7. The van der Waals surface area contributed by atoms with Crippen LogP contribution in [-0.4, -0.2) is 61.9 Å². The minimum Gasteiger partial charge on any atom is -0.497 e. The Morgan fingerprint density at radius 2 is 1.91 bits per heavy atom. The Morgan fingerprint density at radius 3 is 2.69 bits per heavy atom. The molecule has 32 heavy (non-hydrogen) atoms. The molecule has 2 aliphatic heterocycles. The van der Waals surface area contributed by atoms with Gasteiger partial charge in [-0.2, -0.15) is 0 Å². The maximum Gasteiger partial charge on any atom is 0.265 e. The molecule has 1 atom stereocenters. The first-order valence-electron chi connectivity index (χ1n) is 10.7. The molecule has 5 rings (SSSR count). The number of aromatic nitrogens is 1. The molecule has 2 aliphatic rings. The normalized spacial score (nSPS) is 18.1. The summed E-state index contributed by atoms with van der Waals surface area (Å²) in [4.78, 5) is 21.4. The molecule has 0 spiro atoms. The third-order valence-corrected chi connectivity index (χ3v) is 5.71. The fraction of sp³-hybridized carbons (Fsp3) is 0.333. The molecule has 166 valence electrons. The molecule has 3 aromatic rings. The van der Waals surface area contributed by atoms with Crippen molar-refractivity contribution in [2.75, 3.05) is 44.9 Å². The van der Waals surface area contributed by atoms with Gasteiger partial charge in [-0.15, -0.1) is 0 Å². The Labute approximate surface area is 186 Å². The number of benzene rings is 2. The molecule has 1 amide bonds. The average Bonchev–Trinajstić information content (AvgIpc) is 3.32. The molecule has 0 unspecified atom stereocenters. The Balaban J connectivity index is 1.35. The summed E-state index contributed by atoms with van der Waals surface area (Å²) >= 11 is 0. The molecule has 8 nitrogen and oxygen atoms in total. The molecule has 0 saturated carbocycles. The van der Waals surface area contributed by atoms with E-state index in [9.17, 15) is 4.79 Å². The van der Waals surface area contributed by atoms with E-state index in [1.165, 1.54) is 0 Å². The van der Waals surface area contributed by atoms with Gasteiger partial charge in [0.1, 0.15) is 11.5 Å². The summed E-state index contributed by atoms with van der Waals surface area (Å²) in [5.41, 5.74) is 1.84. The maximum atomic E-state index is 13.1. The smallest absolute Gasteiger partial charge is 0.265 e. The summed E-state index contributed by atoms with van der Waals surface area (Å²) in [5, 5.41) is 0. The minimum absolute atomic E-state index is 0.0147. The van der Waals surface area contributed by atoms with E-state index in [-0.39, 0.29) is 5.91 Å². The van der Waals surface area contributed by atoms with Crippen molar-refractivity contribution in [1.82, 2.24) is 9.88 Å². The second-order valence-electron chi connectivity index (χ2n) is 7.74. The number of oxazole rings is 1. The molecule has 1 saturated heterocycles. The lowest BCUT2D eigenvalue weighted by Crippen LogP contribution is -2.52. The van der Waals surface area contributed by atoms with Gasteiger partial charge in [-0.1, -0.05) is 12.1 Å². The van der Waals surface area contributed by atoms with E-state index in [0.29, 0.717) is 56.8 Å². The number of morpholine rings is 1. The van der Waals surface area contributed by atoms with Crippen LogP contribution in [0.2, 0.25) is 0 Å². The van der Waals surface area contributed by atoms with Gasteiger partial charge in [0.2, 0.25) is 5.89 Å². The molecule has 1 fully saturated rings. The van der Waals surface area contributed by atoms with E-state index in [1.54, 1.807) is 13.3 Å². The van der Waals surface area contributed by atoms with E-state index in [4.69, 9.17) is 18.6 Å². The number of fused-ring (bicyclic) bond motifs is 1. The number of nitrogens with zero attached hydrogens (tertiary/aromatic N) is 3. The lowest BCUT2D eigenvalue weighted by molar-refractivity contribution is -0.142. The second-order valence-corrected chi connectivity index (χ2v) is 7.74. The van der Waals surface area contributed by atoms with Crippen LogP contribution in [0, 0.1) is 0 Å². The summed E-state index contributed by atoms with van der Waals surface area (Å²) in [5.74, 6) is 2.72. The van der Waals surface area contributed by atoms with Crippen molar-refractivity contribution in [3.63, 3.8) is 0 Å². The predicted octanol–water partition coefficient (Wildman–Crippen LogP) is 2.98. The third kappa shape index (κ3) is 4.13. The highest BCUT2D eigenvalue weighted by Crippen LogP contribution is 2.35. The van der Waals surface area contributed by atoms with Crippen molar-refractivity contribution < 1.29 is 23.4 Å². The van der Waals surface area contributed by atoms with Crippen molar-refractivity contribution in [2.45, 2.75) is 12.6 Å². The molecule has 8 heteroatoms. The number of para-hydroxylation sites is 2. The van der Waals surface area contributed by atoms with Crippen LogP contribution in [0.25, 0.3) is 11.3 Å². The van der Waals surface area contributed by atoms with E-state index < -0.39 is 6.10 Å². The van der Waals surface area contributed by atoms with Gasteiger partial charge in [0, 0.05) is 18.7 Å². The van der Waals surface area contributed by atoms with Crippen LogP contribution in [0.1, 0.15) is 5.89 Å². The Hall–Kier alpha value is -3.52. The first kappa shape index (κ1) is 20.4. The number of hydrogen-bond donors (Lipinski definition) is 0. The number of amides is 1. The topological polar surface area (TPSA) is 77.3 Å². The standard InChI is InChI=1S/C24H25N3O5/c1-29-18-8-6-17(7-9-18)21-14-25-23(32-21)16-27-15-22(24(28)26-10-12-30-13-11-26)31-20-5-3-2-4-19(20)27/h2-9,14,22H,10-13,15-16H2,1H3/t22-/m1/s1. The summed E-state index contributed by atoms with van der Waals surface area (Å²) in [7, 11) is 1.64. The average molecular weight is 435 g/mol. The number of carbonyl (C=O) groups excluding carboxylic acids is 1. The first-order chi connectivity index (χ1) is 15.7. The number of hydrogen-bond acceptors (Lipinski definition) is 7. The van der Waals surface area contributed by atoms with Gasteiger partial charge >= 0.3 is 0 Å². The van der Waals surface area contributed by atoms with Gasteiger partial charge in [0.15, 0.2) is 11.9 Å². The molecule has 2 aromatic carbocycles. The van der Waals surface area contributed by atoms with Gasteiger partial charge in [-0.05, 0) is 36.4 Å². The number of methoxy groups -OCH3 is 1. The van der Waals surface area contributed by atoms with Crippen molar-refractivity contribution in [2.24, 2.45) is 0 Å². The molecule has 0 radical (unpaired) electrons. The van der Waals surface area contributed by atoms with Gasteiger partial charge in [-0.25, -0.2) is 4.98 Å². The SMILES string of the molecule is COc1ccc(-c2cnc(CN3C[C@H](C(=O)N4CCOCC4)Oc4ccccc43)o2)cc1. The molecule has 1 aromatic heterocycles. The van der Waals surface area contributed by atoms with Gasteiger partial charge in [0.25, 0.3) is 5.91 Å². The van der Waals surface area contributed by atoms with Gasteiger partial charge < -0.3 is 28.4 Å². The van der Waals surface area contributed by atoms with Crippen molar-refractivity contribution >= 4 is 11.6 Å². The lowest BCUT2D eigenvalue weighted by atomic mass is 10.1. The monoisotopic (exact) mass is 435 g/mol. The fourth-order valence-corrected chi connectivity index (χ4v) is 4.01. The molecular formula is C24H25N3O5. The number of rotatable bonds is 5. The number of carbonyl (C=O) groups is 1. The largest absolute Gasteiger partial charge is 0.497 e. The Bertz CT molecular complexity index is 1080. The summed E-state index contributed by atoms with van der Waals surface area (Å²) in [6.07, 6.45) is 1.14. The maximum absolute atomic E-state index is 13.1. The highest BCUT2D eigenvalue weighted by atomic mass is 16.5. The lowest BCUT2D eigenvalue weighted by Gasteiger charge is -2.37. The van der Waals surface area contributed by atoms with Crippen molar-refractivity contribution in [3.05, 3.63) is 60.6 Å². The zero-order chi connectivity index (χ0) is 21.9. The number of anilines is 1. The van der Waals surface area contributed by atoms with Crippen LogP contribution >= 0.6 is 0 Å². The molecular weight excluding hydrogens is 410 g/mol. The van der Waals surface area contributed by atoms with Crippen LogP contribution in [0.4, 0.5) is 5.69 Å². The molecule has 0 bridgehead atoms. The summed E-state index contributed by atoms with van der Waals surface area (Å²) in [6, 6.07) is 15.4. The van der Waals surface area contributed by atoms with E-state index in [1.807, 2.05) is 53.4 Å². The van der Waals surface area contributed by atoms with Crippen LogP contribution in [0.5, 0.6) is 11.5 Å². The van der Waals surface area contributed by atoms with Gasteiger partial charge in [-0.3, -0.25) is 4.79 Å². The highest BCUT2D eigenvalue weighted by molar-refractivity contribution is 5.83. The van der Waals surface area contributed by atoms with Crippen molar-refractivity contribution in [3.8, 4) is 22.8 Å². The minimum atomic E-state index is -0.584. The zero-order valence-corrected chi connectivity index (χ0v) is 17.9. The molecule has 0 N–H and O–H groups in total. The molecule has 0 aliphatic carbocycles. The van der Waals surface area contributed by atoms with E-state index >= 15 is 0 Å². The van der Waals surface area contributed by atoms with Crippen LogP contribution in [0.3, 0.4) is 0 Å². The number of ether oxygens (including phenoxy) is 3. The summed E-state index contributed by atoms with van der Waals surface area (Å²) in [6.45, 7) is 3.15. The van der Waals surface area contributed by atoms with E-state index in [0.717, 1.165) is 17.0 Å². The van der Waals surface area contributed by atoms with Crippen LogP contribution in [-0.2, 0) is 16.1 Å². The highest BCUT2D eigenvalue weighted by Gasteiger charge is 2.34. The molecule has 3 heterocycles. The third-order valence-electron chi connectivity index (χ3n) is 5.71. The van der Waals surface area contributed by atoms with Gasteiger partial charge in [0.05, 0.1) is 45.3 Å². The van der Waals surface area contributed by atoms with Crippen LogP contribution in [0.15, 0.2) is 59.1 Å². The Kier molecular flexibility index (Phi) is 5.68. The fourth-order valence-electron chi connectivity index (χ4n) is 4.01. The van der Waals surface area contributed by atoms with E-state index in [2.05, 4.69) is 9.88 Å².